The van der Waals surface area contributed by atoms with Crippen LogP contribution < -0.4 is 4.74 Å². The Bertz CT molecular complexity index is 1180. The molecule has 0 bridgehead atoms. The molecule has 0 N–H and O–H groups in total. The molecule has 10 heteroatoms. The van der Waals surface area contributed by atoms with Crippen molar-refractivity contribution in [1.29, 1.82) is 0 Å². The van der Waals surface area contributed by atoms with E-state index in [9.17, 15) is 8.42 Å². The van der Waals surface area contributed by atoms with Crippen LogP contribution in [-0.2, 0) is 17.1 Å². The van der Waals surface area contributed by atoms with Gasteiger partial charge < -0.3 is 4.74 Å². The number of hydrogen-bond donors (Lipinski definition) is 0. The SMILES string of the molecule is [2H]C([2H])([2H])Oc1c(S(=O)(=O)N2CCC(c3cn4ncnc4cc3C)CC2)cnn1C. The fourth-order valence-corrected chi connectivity index (χ4v) is 5.19. The summed E-state index contributed by atoms with van der Waals surface area (Å²) in [5, 5.41) is 8.06. The highest BCUT2D eigenvalue weighted by Crippen LogP contribution is 2.34. The van der Waals surface area contributed by atoms with Crippen LogP contribution in [0.2, 0.25) is 0 Å². The van der Waals surface area contributed by atoms with Crippen LogP contribution >= 0.6 is 0 Å². The van der Waals surface area contributed by atoms with E-state index in [2.05, 4.69) is 15.2 Å². The first-order valence-electron chi connectivity index (χ1n) is 10.1. The average Bonchev–Trinajstić information content (AvgIpc) is 3.26. The smallest absolute Gasteiger partial charge is 0.250 e. The molecule has 0 aliphatic carbocycles. The van der Waals surface area contributed by atoms with Crippen LogP contribution in [0.4, 0.5) is 0 Å². The van der Waals surface area contributed by atoms with Crippen LogP contribution in [0.15, 0.2) is 29.7 Å². The van der Waals surface area contributed by atoms with E-state index in [0.717, 1.165) is 27.7 Å². The third-order valence-corrected chi connectivity index (χ3v) is 7.01. The Hall–Kier alpha value is -2.46. The van der Waals surface area contributed by atoms with E-state index >= 15 is 0 Å². The molecule has 0 unspecified atom stereocenters. The van der Waals surface area contributed by atoms with Gasteiger partial charge in [0.25, 0.3) is 0 Å². The highest BCUT2D eigenvalue weighted by atomic mass is 32.2. The number of ether oxygens (including phenoxy) is 1. The molecule has 4 rings (SSSR count). The van der Waals surface area contributed by atoms with Gasteiger partial charge in [-0.05, 0) is 42.9 Å². The lowest BCUT2D eigenvalue weighted by Crippen LogP contribution is -2.38. The van der Waals surface area contributed by atoms with Crippen LogP contribution in [0, 0.1) is 6.92 Å². The fraction of sp³-hybridized carbons (Fsp3) is 0.471. The van der Waals surface area contributed by atoms with E-state index in [4.69, 9.17) is 8.85 Å². The number of rotatable bonds is 4. The summed E-state index contributed by atoms with van der Waals surface area (Å²) in [4.78, 5) is 3.95. The predicted molar refractivity (Wildman–Crippen MR) is 98.2 cm³/mol. The van der Waals surface area contributed by atoms with Gasteiger partial charge in [0, 0.05) is 26.3 Å². The van der Waals surface area contributed by atoms with Crippen LogP contribution in [0.25, 0.3) is 5.65 Å². The summed E-state index contributed by atoms with van der Waals surface area (Å²) in [5.41, 5.74) is 2.99. The summed E-state index contributed by atoms with van der Waals surface area (Å²) in [6.07, 6.45) is 5.85. The van der Waals surface area contributed by atoms with Gasteiger partial charge in [-0.2, -0.15) is 14.5 Å². The monoisotopic (exact) mass is 393 g/mol. The number of fused-ring (bicyclic) bond motifs is 1. The number of piperidine rings is 1. The Morgan fingerprint density at radius 2 is 2.07 bits per heavy atom. The van der Waals surface area contributed by atoms with Gasteiger partial charge in [-0.25, -0.2) is 22.6 Å². The number of pyridine rings is 1. The van der Waals surface area contributed by atoms with Crippen molar-refractivity contribution in [3.8, 4) is 5.88 Å². The van der Waals surface area contributed by atoms with Crippen molar-refractivity contribution in [2.24, 2.45) is 7.05 Å². The highest BCUT2D eigenvalue weighted by Gasteiger charge is 2.34. The van der Waals surface area contributed by atoms with E-state index in [-0.39, 0.29) is 16.7 Å². The van der Waals surface area contributed by atoms with Crippen molar-refractivity contribution in [3.63, 3.8) is 0 Å². The lowest BCUT2D eigenvalue weighted by Gasteiger charge is -2.31. The normalized spacial score (nSPS) is 19.0. The molecule has 4 heterocycles. The van der Waals surface area contributed by atoms with Gasteiger partial charge in [0.1, 0.15) is 6.33 Å². The standard InChI is InChI=1S/C17H22N6O3S/c1-12-8-16-18-11-20-23(16)10-14(12)13-4-6-22(7-5-13)27(24,25)15-9-19-21(2)17(15)26-3/h8-11,13H,4-7H2,1-3H3/i3D3. The zero-order valence-corrected chi connectivity index (χ0v) is 15.8. The van der Waals surface area contributed by atoms with Crippen molar-refractivity contribution in [2.45, 2.75) is 30.6 Å². The first-order valence-corrected chi connectivity index (χ1v) is 10.0. The molecule has 9 nitrogen and oxygen atoms in total. The molecular weight excluding hydrogens is 368 g/mol. The quantitative estimate of drug-likeness (QED) is 0.664. The van der Waals surface area contributed by atoms with Gasteiger partial charge in [-0.3, -0.25) is 0 Å². The van der Waals surface area contributed by atoms with E-state index in [1.54, 1.807) is 4.52 Å². The second-order valence-corrected chi connectivity index (χ2v) is 8.60. The number of hydrogen-bond acceptors (Lipinski definition) is 6. The van der Waals surface area contributed by atoms with Gasteiger partial charge in [-0.15, -0.1) is 0 Å². The maximum absolute atomic E-state index is 13.1. The van der Waals surface area contributed by atoms with E-state index < -0.39 is 17.1 Å². The molecule has 0 aromatic carbocycles. The lowest BCUT2D eigenvalue weighted by molar-refractivity contribution is 0.315. The van der Waals surface area contributed by atoms with Crippen molar-refractivity contribution >= 4 is 15.7 Å². The maximum Gasteiger partial charge on any atom is 0.250 e. The zero-order chi connectivity index (χ0) is 21.7. The average molecular weight is 393 g/mol. The molecule has 144 valence electrons. The summed E-state index contributed by atoms with van der Waals surface area (Å²) >= 11 is 0. The summed E-state index contributed by atoms with van der Waals surface area (Å²) in [6, 6.07) is 1.97. The molecule has 0 atom stereocenters. The van der Waals surface area contributed by atoms with Crippen molar-refractivity contribution in [1.82, 2.24) is 28.7 Å². The second-order valence-electron chi connectivity index (χ2n) is 6.69. The molecule has 1 fully saturated rings. The van der Waals surface area contributed by atoms with Crippen LogP contribution in [0.5, 0.6) is 5.88 Å². The number of nitrogens with zero attached hydrogens (tertiary/aromatic N) is 6. The molecule has 3 aromatic heterocycles. The molecule has 1 aliphatic rings. The lowest BCUT2D eigenvalue weighted by atomic mass is 9.89. The molecule has 0 radical (unpaired) electrons. The summed E-state index contributed by atoms with van der Waals surface area (Å²) in [7, 11) is -5.27. The highest BCUT2D eigenvalue weighted by molar-refractivity contribution is 7.89. The molecule has 1 saturated heterocycles. The van der Waals surface area contributed by atoms with Gasteiger partial charge in [0.15, 0.2) is 10.5 Å². The third kappa shape index (κ3) is 2.98. The van der Waals surface area contributed by atoms with Crippen molar-refractivity contribution < 1.29 is 17.3 Å². The first kappa shape index (κ1) is 14.6. The third-order valence-electron chi connectivity index (χ3n) is 5.12. The van der Waals surface area contributed by atoms with Gasteiger partial charge in [-0.1, -0.05) is 0 Å². The molecule has 0 spiro atoms. The van der Waals surface area contributed by atoms with Crippen LogP contribution in [0.3, 0.4) is 0 Å². The van der Waals surface area contributed by atoms with Crippen LogP contribution in [0.1, 0.15) is 34.0 Å². The summed E-state index contributed by atoms with van der Waals surface area (Å²) < 4.78 is 57.2. The topological polar surface area (TPSA) is 94.6 Å². The minimum Gasteiger partial charge on any atom is -0.480 e. The molecule has 0 saturated carbocycles. The molecular formula is C17H22N6O3S. The minimum atomic E-state index is -3.94. The largest absolute Gasteiger partial charge is 0.480 e. The molecule has 1 aliphatic heterocycles. The Morgan fingerprint density at radius 1 is 1.30 bits per heavy atom. The predicted octanol–water partition coefficient (Wildman–Crippen LogP) is 1.35. The first-order chi connectivity index (χ1) is 14.1. The number of aromatic nitrogens is 5. The molecule has 27 heavy (non-hydrogen) atoms. The van der Waals surface area contributed by atoms with Gasteiger partial charge in [0.05, 0.1) is 17.3 Å². The Morgan fingerprint density at radius 3 is 2.81 bits per heavy atom. The molecule has 0 amide bonds. The van der Waals surface area contributed by atoms with Crippen molar-refractivity contribution in [2.75, 3.05) is 20.1 Å². The molecule has 3 aromatic rings. The minimum absolute atomic E-state index is 0.192. The Kier molecular flexibility index (Phi) is 3.57. The van der Waals surface area contributed by atoms with E-state index in [1.807, 2.05) is 19.2 Å². The van der Waals surface area contributed by atoms with Crippen molar-refractivity contribution in [3.05, 3.63) is 35.9 Å². The van der Waals surface area contributed by atoms with Crippen LogP contribution in [-0.4, -0.2) is 57.2 Å². The second kappa shape index (κ2) is 6.61. The fourth-order valence-electron chi connectivity index (χ4n) is 3.65. The number of methoxy groups -OCH3 is 1. The Labute approximate surface area is 161 Å². The summed E-state index contributed by atoms with van der Waals surface area (Å²) in [6.45, 7) is 2.63. The summed E-state index contributed by atoms with van der Waals surface area (Å²) in [5.74, 6) is -0.0957. The zero-order valence-electron chi connectivity index (χ0n) is 18.0. The van der Waals surface area contributed by atoms with Gasteiger partial charge >= 0.3 is 0 Å². The maximum atomic E-state index is 13.1. The number of aryl methyl sites for hydroxylation is 2. The van der Waals surface area contributed by atoms with Gasteiger partial charge in [0.2, 0.25) is 15.9 Å². The number of sulfonamides is 1. The van der Waals surface area contributed by atoms with E-state index in [1.165, 1.54) is 17.7 Å². The Balaban J connectivity index is 1.54. The van der Waals surface area contributed by atoms with E-state index in [0.29, 0.717) is 25.9 Å².